The van der Waals surface area contributed by atoms with Crippen LogP contribution in [0, 0.1) is 12.8 Å². The van der Waals surface area contributed by atoms with Gasteiger partial charge in [0.25, 0.3) is 5.91 Å². The van der Waals surface area contributed by atoms with Crippen molar-refractivity contribution in [2.45, 2.75) is 158 Å². The van der Waals surface area contributed by atoms with Gasteiger partial charge in [0.1, 0.15) is 102 Å². The fourth-order valence-corrected chi connectivity index (χ4v) is 12.9. The Balaban J connectivity index is 1.23. The Bertz CT molecular complexity index is 4050. The molecule has 1 fully saturated rings. The fourth-order valence-electron chi connectivity index (χ4n) is 12.6. The monoisotopic (exact) mass is 1420 g/mol. The highest BCUT2D eigenvalue weighted by Crippen LogP contribution is 2.50. The zero-order valence-electron chi connectivity index (χ0n) is 55.4. The highest BCUT2D eigenvalue weighted by Gasteiger charge is 2.51. The van der Waals surface area contributed by atoms with Crippen molar-refractivity contribution in [3.05, 3.63) is 123 Å². The average molecular weight is 1420 g/mol. The molecule has 5 aromatic rings. The van der Waals surface area contributed by atoms with E-state index < -0.39 is 185 Å². The molecule has 12 rings (SSSR count). The number of phenolic OH excluding ortho intramolecular Hbond substituents is 2. The van der Waals surface area contributed by atoms with Crippen molar-refractivity contribution in [2.75, 3.05) is 20.7 Å². The SMILES string of the molecule is CCCCCCNC(=O)NC(=O)C[C@@H]1NC(=O)[C@H](NC(=O)[C@@H](CC(C)C)NC)[C@H](O)c2ccc3c(c2)C(O)[C@H]2O[C@@H](Oc4c5cc(cc4O3)[C@@H](NC1=O)C(=O)N[C@H]1C(=O)N[C@H](C(=O)N[C@H](C(=O)NOC)c3cc(O)cc(C)c3-c3cc1ccc3O)[C@H](O)c1ccc(c(Cl)c1)O5)[C@H](O)[C@@H](O)[C@@H]2O. The topological polar surface area (TPSA) is 482 Å². The van der Waals surface area contributed by atoms with Crippen LogP contribution in [0.1, 0.15) is 135 Å². The number of hydroxylamine groups is 1. The fraction of sp³-hybridized carbons (Fsp3) is 0.426. The van der Waals surface area contributed by atoms with Crippen LogP contribution in [0.25, 0.3) is 11.1 Å². The van der Waals surface area contributed by atoms with Gasteiger partial charge in [-0.05, 0) is 132 Å². The lowest BCUT2D eigenvalue weighted by molar-refractivity contribution is -0.290. The number of aliphatic hydroxyl groups excluding tert-OH is 6. The lowest BCUT2D eigenvalue weighted by Gasteiger charge is -2.43. The molecule has 0 aliphatic carbocycles. The maximum atomic E-state index is 16.1. The van der Waals surface area contributed by atoms with Crippen LogP contribution in [-0.4, -0.2) is 170 Å². The first-order valence-electron chi connectivity index (χ1n) is 32.5. The number of hydrogen-bond acceptors (Lipinski definition) is 23. The summed E-state index contributed by atoms with van der Waals surface area (Å²) in [6.45, 7) is 7.22. The van der Waals surface area contributed by atoms with Crippen molar-refractivity contribution in [1.29, 1.82) is 0 Å². The molecule has 5 aromatic carbocycles. The number of carbonyl (C=O) groups is 9. The molecule has 18 N–H and O–H groups in total. The van der Waals surface area contributed by atoms with Crippen LogP contribution in [0.5, 0.6) is 40.2 Å². The number of urea groups is 1. The number of aromatic hydroxyl groups is 2. The Labute approximate surface area is 582 Å². The van der Waals surface area contributed by atoms with Crippen molar-refractivity contribution in [2.24, 2.45) is 5.92 Å². The summed E-state index contributed by atoms with van der Waals surface area (Å²) in [6.07, 6.45) is -14.9. The van der Waals surface area contributed by atoms with Crippen LogP contribution in [-0.2, 0) is 47.9 Å². The molecule has 0 spiro atoms. The summed E-state index contributed by atoms with van der Waals surface area (Å²) in [5.41, 5.74) is 0.494. The maximum absolute atomic E-state index is 16.1. The molecule has 32 nitrogen and oxygen atoms in total. The number of carbonyl (C=O) groups excluding carboxylic acids is 9. The van der Waals surface area contributed by atoms with Gasteiger partial charge in [0, 0.05) is 17.7 Å². The first-order chi connectivity index (χ1) is 48.1. The highest BCUT2D eigenvalue weighted by atomic mass is 35.5. The summed E-state index contributed by atoms with van der Waals surface area (Å²) in [7, 11) is 2.56. The van der Waals surface area contributed by atoms with Gasteiger partial charge in [-0.2, -0.15) is 0 Å². The quantitative estimate of drug-likeness (QED) is 0.0552. The molecular weight excluding hydrogens is 1340 g/mol. The predicted octanol–water partition coefficient (Wildman–Crippen LogP) is 1.39. The number of rotatable bonds is 14. The third kappa shape index (κ3) is 16.1. The number of aliphatic hydroxyl groups is 6. The second-order valence-corrected chi connectivity index (χ2v) is 25.9. The standard InChI is InChI=1S/C68H79ClN10O22/c1-7-8-9-10-17-71-68(96)73-45(82)26-39-61(90)74-48-32-23-43-58(100-67-57(88)55(86)56(87)59(101-67)54(85)35-21-30(12-15-41(35)98-43)52(83)50(64(93)72-39)77-60(89)38(70-5)18-27(2)3)44(24-32)99-42-16-13-31(22-37(42)69)53(84)51-65(94)76-49(66(95)79-97-6)36-25-33(80)19-28(4)46(36)34-20-29(11-14-40(34)81)47(62(91)78-51)75-63(48)92/h11-16,19-25,27,38-39,47-57,59,67,70,80-81,83-88H,7-10,17-18,26H2,1-6H3,(H,72,93)(H,74,90)(H,75,92)(H,76,94)(H,77,89)(H,78,91)(H,79,95)(H2,71,73,82,96)/t38-,39+,47-,48-,49+,50-,51+,52-,53-,54?,55+,56+,57-,59-,67-/m1/s1. The molecule has 1 unspecified atom stereocenters. The van der Waals surface area contributed by atoms with E-state index in [9.17, 15) is 60.0 Å². The molecule has 15 atom stereocenters. The largest absolute Gasteiger partial charge is 0.508 e. The van der Waals surface area contributed by atoms with Gasteiger partial charge in [-0.1, -0.05) is 69.8 Å². The van der Waals surface area contributed by atoms with Gasteiger partial charge in [0.15, 0.2) is 11.5 Å². The number of fused-ring (bicyclic) bond motifs is 16. The average Bonchev–Trinajstić information content (AvgIpc) is 0.762. The number of ether oxygens (including phenoxy) is 4. The van der Waals surface area contributed by atoms with Crippen LogP contribution < -0.4 is 67.5 Å². The van der Waals surface area contributed by atoms with Gasteiger partial charge in [-0.25, -0.2) is 10.3 Å². The number of likely N-dealkylation sites (N-methyl/N-ethyl adjacent to an activating group) is 1. The molecule has 7 heterocycles. The minimum Gasteiger partial charge on any atom is -0.508 e. The van der Waals surface area contributed by atoms with Crippen LogP contribution in [0.4, 0.5) is 4.79 Å². The number of nitrogens with one attached hydrogen (secondary N) is 10. The first kappa shape index (κ1) is 74.0. The molecule has 1 saturated heterocycles. The van der Waals surface area contributed by atoms with Crippen LogP contribution in [0.2, 0.25) is 5.02 Å². The summed E-state index contributed by atoms with van der Waals surface area (Å²) in [4.78, 5) is 139. The minimum atomic E-state index is -2.30. The smallest absolute Gasteiger partial charge is 0.321 e. The summed E-state index contributed by atoms with van der Waals surface area (Å²) >= 11 is 7.04. The van der Waals surface area contributed by atoms with Crippen LogP contribution >= 0.6 is 11.6 Å². The van der Waals surface area contributed by atoms with Gasteiger partial charge < -0.3 is 102 Å². The van der Waals surface area contributed by atoms with E-state index in [1.54, 1.807) is 0 Å². The van der Waals surface area contributed by atoms with E-state index in [-0.39, 0.29) is 79.9 Å². The molecule has 33 heteroatoms. The predicted molar refractivity (Wildman–Crippen MR) is 353 cm³/mol. The van der Waals surface area contributed by atoms with Gasteiger partial charge in [-0.15, -0.1) is 0 Å². The zero-order valence-corrected chi connectivity index (χ0v) is 56.1. The number of aryl methyl sites for hydroxylation is 1. The lowest BCUT2D eigenvalue weighted by atomic mass is 9.87. The molecule has 14 bridgehead atoms. The van der Waals surface area contributed by atoms with Gasteiger partial charge in [-0.3, -0.25) is 48.5 Å². The van der Waals surface area contributed by atoms with E-state index in [1.807, 2.05) is 20.8 Å². The molecule has 0 aromatic heterocycles. The third-order valence-electron chi connectivity index (χ3n) is 17.8. The summed E-state index contributed by atoms with van der Waals surface area (Å²) in [6, 6.07) is 0.185. The summed E-state index contributed by atoms with van der Waals surface area (Å²) in [5, 5.41) is 117. The normalized spacial score (nSPS) is 25.8. The molecule has 0 radical (unpaired) electrons. The number of imide groups is 1. The summed E-state index contributed by atoms with van der Waals surface area (Å²) in [5.74, 6) is -13.4. The van der Waals surface area contributed by atoms with Crippen LogP contribution in [0.15, 0.2) is 78.9 Å². The van der Waals surface area contributed by atoms with Gasteiger partial charge in [0.05, 0.1) is 24.6 Å². The van der Waals surface area contributed by atoms with Crippen LogP contribution in [0.3, 0.4) is 0 Å². The molecule has 7 aliphatic heterocycles. The Kier molecular flexibility index (Phi) is 23.0. The van der Waals surface area contributed by atoms with Crippen molar-refractivity contribution in [1.82, 2.24) is 53.3 Å². The van der Waals surface area contributed by atoms with Crippen molar-refractivity contribution in [3.63, 3.8) is 0 Å². The molecule has 7 aliphatic rings. The van der Waals surface area contributed by atoms with E-state index in [0.717, 1.165) is 62.8 Å². The van der Waals surface area contributed by atoms with E-state index in [4.69, 9.17) is 35.4 Å². The number of amides is 10. The number of halogens is 1. The number of hydrogen-bond donors (Lipinski definition) is 18. The molecule has 101 heavy (non-hydrogen) atoms. The lowest BCUT2D eigenvalue weighted by Crippen LogP contribution is -2.60. The van der Waals surface area contributed by atoms with E-state index in [0.29, 0.717) is 6.42 Å². The Hall–Kier alpha value is -9.74. The second kappa shape index (κ2) is 31.4. The number of unbranched alkanes of at least 4 members (excludes halogenated alkanes) is 3. The van der Waals surface area contributed by atoms with Gasteiger partial charge in [0.2, 0.25) is 53.4 Å². The molecular formula is C68H79ClN10O22. The van der Waals surface area contributed by atoms with Gasteiger partial charge >= 0.3 is 6.03 Å². The highest BCUT2D eigenvalue weighted by molar-refractivity contribution is 6.32. The Morgan fingerprint density at radius 1 is 0.663 bits per heavy atom. The van der Waals surface area contributed by atoms with Crippen molar-refractivity contribution >= 4 is 64.9 Å². The Morgan fingerprint density at radius 2 is 1.33 bits per heavy atom. The van der Waals surface area contributed by atoms with Crippen molar-refractivity contribution in [3.8, 4) is 51.4 Å². The summed E-state index contributed by atoms with van der Waals surface area (Å²) < 4.78 is 25.6. The Morgan fingerprint density at radius 3 is 2.01 bits per heavy atom. The van der Waals surface area contributed by atoms with E-state index in [2.05, 4.69) is 53.3 Å². The van der Waals surface area contributed by atoms with E-state index >= 15 is 24.0 Å². The molecule has 540 valence electrons. The number of phenols is 2. The number of benzene rings is 5. The molecule has 10 amide bonds. The maximum Gasteiger partial charge on any atom is 0.321 e. The van der Waals surface area contributed by atoms with Crippen molar-refractivity contribution < 1.29 is 108 Å². The first-order valence-corrected chi connectivity index (χ1v) is 32.9. The zero-order chi connectivity index (χ0) is 73.0. The second-order valence-electron chi connectivity index (χ2n) is 25.5. The van der Waals surface area contributed by atoms with E-state index in [1.165, 1.54) is 56.4 Å². The minimum absolute atomic E-state index is 0.0100. The third-order valence-corrected chi connectivity index (χ3v) is 18.1. The molecule has 0 saturated carbocycles.